The number of hydrogen-bond donors (Lipinski definition) is 0. The van der Waals surface area contributed by atoms with Crippen LogP contribution in [-0.2, 0) is 0 Å². The van der Waals surface area contributed by atoms with Gasteiger partial charge in [-0.2, -0.15) is 0 Å². The fourth-order valence-corrected chi connectivity index (χ4v) is 3.71. The number of halogens is 1. The van der Waals surface area contributed by atoms with Crippen LogP contribution < -0.4 is 0 Å². The van der Waals surface area contributed by atoms with Crippen LogP contribution in [0.1, 0.15) is 28.9 Å². The van der Waals surface area contributed by atoms with Crippen LogP contribution in [0.25, 0.3) is 11.5 Å². The Morgan fingerprint density at radius 1 is 1.04 bits per heavy atom. The molecule has 2 aromatic carbocycles. The van der Waals surface area contributed by atoms with Crippen LogP contribution in [0, 0.1) is 13.8 Å². The molecule has 1 heterocycles. The van der Waals surface area contributed by atoms with Crippen LogP contribution >= 0.6 is 23.4 Å². The van der Waals surface area contributed by atoms with E-state index >= 15 is 0 Å². The Kier molecular flexibility index (Phi) is 4.74. The van der Waals surface area contributed by atoms with E-state index in [2.05, 4.69) is 37.0 Å². The second-order valence-corrected chi connectivity index (χ2v) is 7.23. The van der Waals surface area contributed by atoms with E-state index in [1.165, 1.54) is 22.9 Å². The van der Waals surface area contributed by atoms with Gasteiger partial charge in [-0.25, -0.2) is 0 Å². The Labute approximate surface area is 145 Å². The zero-order valence-corrected chi connectivity index (χ0v) is 14.8. The number of hydrogen-bond acceptors (Lipinski definition) is 4. The molecule has 0 amide bonds. The van der Waals surface area contributed by atoms with Gasteiger partial charge in [-0.1, -0.05) is 58.8 Å². The quantitative estimate of drug-likeness (QED) is 0.555. The summed E-state index contributed by atoms with van der Waals surface area (Å²) in [6.07, 6.45) is 0. The van der Waals surface area contributed by atoms with Gasteiger partial charge in [0, 0.05) is 15.8 Å². The van der Waals surface area contributed by atoms with Gasteiger partial charge in [0.25, 0.3) is 5.22 Å². The van der Waals surface area contributed by atoms with E-state index in [-0.39, 0.29) is 5.25 Å². The summed E-state index contributed by atoms with van der Waals surface area (Å²) in [6, 6.07) is 14.0. The van der Waals surface area contributed by atoms with Gasteiger partial charge in [-0.15, -0.1) is 10.2 Å². The minimum atomic E-state index is 0.135. The zero-order chi connectivity index (χ0) is 16.4. The van der Waals surface area contributed by atoms with Gasteiger partial charge < -0.3 is 4.42 Å². The lowest BCUT2D eigenvalue weighted by atomic mass is 10.1. The summed E-state index contributed by atoms with van der Waals surface area (Å²) >= 11 is 7.75. The molecule has 5 heteroatoms. The third-order valence-corrected chi connectivity index (χ3v) is 4.81. The van der Waals surface area contributed by atoms with Crippen molar-refractivity contribution in [2.24, 2.45) is 0 Å². The van der Waals surface area contributed by atoms with E-state index in [4.69, 9.17) is 16.0 Å². The molecule has 118 valence electrons. The Balaban J connectivity index is 1.81. The first-order valence-corrected chi connectivity index (χ1v) is 8.62. The van der Waals surface area contributed by atoms with Crippen LogP contribution in [0.15, 0.2) is 52.1 Å². The molecule has 1 aromatic heterocycles. The minimum absolute atomic E-state index is 0.135. The number of aromatic nitrogens is 2. The predicted molar refractivity (Wildman–Crippen MR) is 94.9 cm³/mol. The highest BCUT2D eigenvalue weighted by Crippen LogP contribution is 2.38. The normalized spacial score (nSPS) is 12.3. The number of rotatable bonds is 4. The maximum Gasteiger partial charge on any atom is 0.277 e. The lowest BCUT2D eigenvalue weighted by molar-refractivity contribution is 0.465. The van der Waals surface area contributed by atoms with Gasteiger partial charge in [0.1, 0.15) is 0 Å². The third kappa shape index (κ3) is 3.77. The van der Waals surface area contributed by atoms with Crippen molar-refractivity contribution in [2.45, 2.75) is 31.2 Å². The molecule has 0 fully saturated rings. The molecular formula is C18H17ClN2OS. The Morgan fingerprint density at radius 3 is 2.43 bits per heavy atom. The van der Waals surface area contributed by atoms with Crippen molar-refractivity contribution in [3.63, 3.8) is 0 Å². The summed E-state index contributed by atoms with van der Waals surface area (Å²) in [5, 5.41) is 9.75. The van der Waals surface area contributed by atoms with Crippen molar-refractivity contribution >= 4 is 23.4 Å². The fraction of sp³-hybridized carbons (Fsp3) is 0.222. The maximum absolute atomic E-state index is 6.24. The average molecular weight is 345 g/mol. The molecule has 0 bridgehead atoms. The average Bonchev–Trinajstić information content (AvgIpc) is 2.95. The zero-order valence-electron chi connectivity index (χ0n) is 13.2. The van der Waals surface area contributed by atoms with Crippen LogP contribution in [0.3, 0.4) is 0 Å². The summed E-state index contributed by atoms with van der Waals surface area (Å²) in [5.74, 6) is 0.547. The highest BCUT2D eigenvalue weighted by Gasteiger charge is 2.16. The molecule has 0 radical (unpaired) electrons. The summed E-state index contributed by atoms with van der Waals surface area (Å²) < 4.78 is 5.81. The summed E-state index contributed by atoms with van der Waals surface area (Å²) in [6.45, 7) is 6.19. The van der Waals surface area contributed by atoms with Crippen LogP contribution in [-0.4, -0.2) is 10.2 Å². The highest BCUT2D eigenvalue weighted by molar-refractivity contribution is 7.99. The standard InChI is InChI=1S/C18H17ClN2OS/c1-11-8-12(2)10-14(9-11)17-20-21-18(22-17)23-13(3)15-6-4-5-7-16(15)19/h4-10,13H,1-3H3/t13-/m1/s1. The Hall–Kier alpha value is -1.78. The molecule has 0 spiro atoms. The third-order valence-electron chi connectivity index (χ3n) is 3.50. The number of benzene rings is 2. The van der Waals surface area contributed by atoms with Crippen molar-refractivity contribution in [2.75, 3.05) is 0 Å². The monoisotopic (exact) mass is 344 g/mol. The van der Waals surface area contributed by atoms with E-state index in [9.17, 15) is 0 Å². The molecule has 0 saturated carbocycles. The molecular weight excluding hydrogens is 328 g/mol. The van der Waals surface area contributed by atoms with Gasteiger partial charge in [0.15, 0.2) is 0 Å². The van der Waals surface area contributed by atoms with E-state index in [0.717, 1.165) is 16.1 Å². The summed E-state index contributed by atoms with van der Waals surface area (Å²) in [5.41, 5.74) is 4.37. The maximum atomic E-state index is 6.24. The van der Waals surface area contributed by atoms with Crippen LogP contribution in [0.2, 0.25) is 5.02 Å². The van der Waals surface area contributed by atoms with Gasteiger partial charge in [-0.05, 0) is 44.5 Å². The highest BCUT2D eigenvalue weighted by atomic mass is 35.5. The summed E-state index contributed by atoms with van der Waals surface area (Å²) in [7, 11) is 0. The van der Waals surface area contributed by atoms with E-state index in [1.54, 1.807) is 0 Å². The van der Waals surface area contributed by atoms with Crippen molar-refractivity contribution in [3.05, 3.63) is 64.2 Å². The smallest absolute Gasteiger partial charge is 0.277 e. The second-order valence-electron chi connectivity index (χ2n) is 5.53. The Morgan fingerprint density at radius 2 is 1.74 bits per heavy atom. The number of aryl methyl sites for hydroxylation is 2. The molecule has 0 N–H and O–H groups in total. The van der Waals surface area contributed by atoms with Crippen molar-refractivity contribution in [1.82, 2.24) is 10.2 Å². The second kappa shape index (κ2) is 6.77. The first-order valence-electron chi connectivity index (χ1n) is 7.36. The van der Waals surface area contributed by atoms with Crippen LogP contribution in [0.4, 0.5) is 0 Å². The number of nitrogens with zero attached hydrogens (tertiary/aromatic N) is 2. The van der Waals surface area contributed by atoms with Crippen molar-refractivity contribution in [3.8, 4) is 11.5 Å². The SMILES string of the molecule is Cc1cc(C)cc(-c2nnc(S[C@H](C)c3ccccc3Cl)o2)c1. The van der Waals surface area contributed by atoms with Gasteiger partial charge in [0.05, 0.1) is 0 Å². The lowest BCUT2D eigenvalue weighted by Gasteiger charge is -2.10. The molecule has 3 rings (SSSR count). The molecule has 0 saturated heterocycles. The van der Waals surface area contributed by atoms with Gasteiger partial charge in [0.2, 0.25) is 5.89 Å². The summed E-state index contributed by atoms with van der Waals surface area (Å²) in [4.78, 5) is 0. The molecule has 1 atom stereocenters. The molecule has 0 aliphatic rings. The van der Waals surface area contributed by atoms with E-state index in [1.807, 2.05) is 36.4 Å². The molecule has 3 aromatic rings. The largest absolute Gasteiger partial charge is 0.411 e. The van der Waals surface area contributed by atoms with E-state index < -0.39 is 0 Å². The molecule has 0 unspecified atom stereocenters. The fourth-order valence-electron chi connectivity index (χ4n) is 2.49. The van der Waals surface area contributed by atoms with Gasteiger partial charge in [-0.3, -0.25) is 0 Å². The Bertz CT molecular complexity index is 811. The molecule has 0 aliphatic carbocycles. The van der Waals surface area contributed by atoms with Crippen molar-refractivity contribution < 1.29 is 4.42 Å². The van der Waals surface area contributed by atoms with E-state index in [0.29, 0.717) is 11.1 Å². The first kappa shape index (κ1) is 16.1. The predicted octanol–water partition coefficient (Wildman–Crippen LogP) is 5.86. The van der Waals surface area contributed by atoms with Crippen molar-refractivity contribution in [1.29, 1.82) is 0 Å². The van der Waals surface area contributed by atoms with Crippen LogP contribution in [0.5, 0.6) is 0 Å². The topological polar surface area (TPSA) is 38.9 Å². The number of thioether (sulfide) groups is 1. The lowest BCUT2D eigenvalue weighted by Crippen LogP contribution is -1.89. The van der Waals surface area contributed by atoms with Gasteiger partial charge >= 0.3 is 0 Å². The minimum Gasteiger partial charge on any atom is -0.411 e. The molecule has 3 nitrogen and oxygen atoms in total. The molecule has 23 heavy (non-hydrogen) atoms. The first-order chi connectivity index (χ1) is 11.0. The molecule has 0 aliphatic heterocycles.